The van der Waals surface area contributed by atoms with Gasteiger partial charge in [0.05, 0.1) is 5.92 Å². The Kier molecular flexibility index (Phi) is 6.68. The predicted molar refractivity (Wildman–Crippen MR) is 109 cm³/mol. The van der Waals surface area contributed by atoms with Gasteiger partial charge in [0, 0.05) is 36.9 Å². The molecule has 3 N–H and O–H groups in total. The Balaban J connectivity index is 1.54. The van der Waals surface area contributed by atoms with E-state index < -0.39 is 0 Å². The third-order valence-corrected chi connectivity index (χ3v) is 5.36. The number of anilines is 2. The molecule has 2 aliphatic rings. The minimum atomic E-state index is -0.233. The molecule has 28 heavy (non-hydrogen) atoms. The number of nitrogens with one attached hydrogen (secondary N) is 3. The fourth-order valence-electron chi connectivity index (χ4n) is 3.48. The monoisotopic (exact) mass is 384 g/mol. The Morgan fingerprint density at radius 1 is 1.04 bits per heavy atom. The smallest absolute Gasteiger partial charge is 0.321 e. The van der Waals surface area contributed by atoms with E-state index in [0.717, 1.165) is 32.1 Å². The quantitative estimate of drug-likeness (QED) is 0.659. The van der Waals surface area contributed by atoms with E-state index in [-0.39, 0.29) is 29.7 Å². The highest BCUT2D eigenvalue weighted by molar-refractivity contribution is 5.95. The van der Waals surface area contributed by atoms with E-state index >= 15 is 0 Å². The molecule has 1 aromatic rings. The number of benzene rings is 1. The first-order valence-electron chi connectivity index (χ1n) is 9.92. The van der Waals surface area contributed by atoms with Crippen molar-refractivity contribution in [1.29, 1.82) is 0 Å². The van der Waals surface area contributed by atoms with Gasteiger partial charge >= 0.3 is 6.03 Å². The first kappa shape index (κ1) is 19.9. The molecule has 2 fully saturated rings. The van der Waals surface area contributed by atoms with E-state index in [2.05, 4.69) is 22.5 Å². The zero-order valence-electron chi connectivity index (χ0n) is 16.1. The van der Waals surface area contributed by atoms with Gasteiger partial charge in [0.1, 0.15) is 0 Å². The predicted octanol–water partition coefficient (Wildman–Crippen LogP) is 2.97. The number of nitrogens with zero attached hydrogens (tertiary/aromatic N) is 1. The minimum absolute atomic E-state index is 0.0409. The van der Waals surface area contributed by atoms with Gasteiger partial charge in [-0.3, -0.25) is 9.59 Å². The van der Waals surface area contributed by atoms with Gasteiger partial charge in [0.2, 0.25) is 11.8 Å². The van der Waals surface area contributed by atoms with E-state index in [4.69, 9.17) is 0 Å². The SMILES string of the molecule is C=CCNC(=O)C1CCCN(C(=O)Nc2cccc(NC(=O)C3CCC3)c2)C1. The fraction of sp³-hybridized carbons (Fsp3) is 0.476. The van der Waals surface area contributed by atoms with E-state index in [9.17, 15) is 14.4 Å². The number of amides is 4. The average molecular weight is 384 g/mol. The second-order valence-corrected chi connectivity index (χ2v) is 7.45. The molecule has 150 valence electrons. The van der Waals surface area contributed by atoms with Crippen molar-refractivity contribution < 1.29 is 14.4 Å². The van der Waals surface area contributed by atoms with Gasteiger partial charge in [0.25, 0.3) is 0 Å². The Morgan fingerprint density at radius 3 is 2.43 bits per heavy atom. The van der Waals surface area contributed by atoms with Crippen LogP contribution in [0.3, 0.4) is 0 Å². The first-order valence-corrected chi connectivity index (χ1v) is 9.92. The lowest BCUT2D eigenvalue weighted by Gasteiger charge is -2.32. The maximum Gasteiger partial charge on any atom is 0.321 e. The number of rotatable bonds is 6. The molecule has 7 nitrogen and oxygen atoms in total. The van der Waals surface area contributed by atoms with Crippen molar-refractivity contribution in [3.63, 3.8) is 0 Å². The molecule has 1 aliphatic carbocycles. The van der Waals surface area contributed by atoms with Gasteiger partial charge < -0.3 is 20.9 Å². The van der Waals surface area contributed by atoms with Crippen molar-refractivity contribution in [2.45, 2.75) is 32.1 Å². The average Bonchev–Trinajstić information content (AvgIpc) is 2.65. The highest BCUT2D eigenvalue weighted by Gasteiger charge is 2.28. The molecule has 7 heteroatoms. The highest BCUT2D eigenvalue weighted by Crippen LogP contribution is 2.28. The summed E-state index contributed by atoms with van der Waals surface area (Å²) in [5.74, 6) is -0.0967. The van der Waals surface area contributed by atoms with Gasteiger partial charge in [-0.2, -0.15) is 0 Å². The van der Waals surface area contributed by atoms with Gasteiger partial charge in [-0.05, 0) is 43.9 Å². The largest absolute Gasteiger partial charge is 0.352 e. The molecule has 1 saturated heterocycles. The summed E-state index contributed by atoms with van der Waals surface area (Å²) in [6, 6.07) is 6.92. The van der Waals surface area contributed by atoms with Crippen LogP contribution in [0.2, 0.25) is 0 Å². The second-order valence-electron chi connectivity index (χ2n) is 7.45. The zero-order valence-corrected chi connectivity index (χ0v) is 16.1. The number of hydrogen-bond donors (Lipinski definition) is 3. The van der Waals surface area contributed by atoms with Gasteiger partial charge in [-0.25, -0.2) is 4.79 Å². The van der Waals surface area contributed by atoms with Crippen molar-refractivity contribution in [2.75, 3.05) is 30.3 Å². The maximum atomic E-state index is 12.6. The molecule has 0 aromatic heterocycles. The molecule has 1 aliphatic heterocycles. The van der Waals surface area contributed by atoms with Crippen LogP contribution in [-0.4, -0.2) is 42.4 Å². The summed E-state index contributed by atoms with van der Waals surface area (Å²) < 4.78 is 0. The lowest BCUT2D eigenvalue weighted by atomic mass is 9.85. The van der Waals surface area contributed by atoms with Crippen LogP contribution in [-0.2, 0) is 9.59 Å². The van der Waals surface area contributed by atoms with Crippen LogP contribution in [0.1, 0.15) is 32.1 Å². The summed E-state index contributed by atoms with van der Waals surface area (Å²) in [5.41, 5.74) is 1.30. The molecule has 0 bridgehead atoms. The number of urea groups is 1. The van der Waals surface area contributed by atoms with Crippen LogP contribution in [0.4, 0.5) is 16.2 Å². The minimum Gasteiger partial charge on any atom is -0.352 e. The molecule has 1 atom stereocenters. The van der Waals surface area contributed by atoms with E-state index in [1.54, 1.807) is 29.2 Å². The molecule has 4 amide bonds. The van der Waals surface area contributed by atoms with Crippen LogP contribution in [0.5, 0.6) is 0 Å². The lowest BCUT2D eigenvalue weighted by molar-refractivity contribution is -0.126. The number of carbonyl (C=O) groups is 3. The van der Waals surface area contributed by atoms with E-state index in [1.165, 1.54) is 0 Å². The Morgan fingerprint density at radius 2 is 1.75 bits per heavy atom. The number of carbonyl (C=O) groups excluding carboxylic acids is 3. The van der Waals surface area contributed by atoms with Crippen LogP contribution >= 0.6 is 0 Å². The van der Waals surface area contributed by atoms with Crippen LogP contribution in [0.15, 0.2) is 36.9 Å². The molecule has 0 spiro atoms. The van der Waals surface area contributed by atoms with Crippen molar-refractivity contribution in [3.05, 3.63) is 36.9 Å². The Hall–Kier alpha value is -2.83. The molecular weight excluding hydrogens is 356 g/mol. The summed E-state index contributed by atoms with van der Waals surface area (Å²) in [6.45, 7) is 5.04. The Labute approximate surface area is 165 Å². The van der Waals surface area contributed by atoms with Gasteiger partial charge in [0.15, 0.2) is 0 Å². The first-order chi connectivity index (χ1) is 13.6. The van der Waals surface area contributed by atoms with E-state index in [1.807, 2.05) is 6.07 Å². The van der Waals surface area contributed by atoms with Crippen molar-refractivity contribution >= 4 is 29.2 Å². The van der Waals surface area contributed by atoms with Gasteiger partial charge in [-0.15, -0.1) is 6.58 Å². The third kappa shape index (κ3) is 5.12. The standard InChI is InChI=1S/C21H28N4O3/c1-2-11-22-19(26)16-8-5-12-25(14-16)21(28)24-18-10-4-9-17(13-18)23-20(27)15-6-3-7-15/h2,4,9-10,13,15-16H,1,3,5-8,11-12,14H2,(H,22,26)(H,23,27)(H,24,28). The Bertz CT molecular complexity index is 745. The summed E-state index contributed by atoms with van der Waals surface area (Å²) >= 11 is 0. The molecular formula is C21H28N4O3. The van der Waals surface area contributed by atoms with Crippen molar-refractivity contribution in [3.8, 4) is 0 Å². The van der Waals surface area contributed by atoms with Crippen LogP contribution in [0, 0.1) is 11.8 Å². The lowest BCUT2D eigenvalue weighted by Crippen LogP contribution is -2.46. The zero-order chi connectivity index (χ0) is 19.9. The highest BCUT2D eigenvalue weighted by atomic mass is 16.2. The van der Waals surface area contributed by atoms with E-state index in [0.29, 0.717) is 31.0 Å². The molecule has 1 saturated carbocycles. The van der Waals surface area contributed by atoms with Crippen molar-refractivity contribution in [2.24, 2.45) is 11.8 Å². The number of likely N-dealkylation sites (tertiary alicyclic amines) is 1. The molecule has 0 radical (unpaired) electrons. The third-order valence-electron chi connectivity index (χ3n) is 5.36. The molecule has 1 aromatic carbocycles. The number of hydrogen-bond acceptors (Lipinski definition) is 3. The summed E-state index contributed by atoms with van der Waals surface area (Å²) in [5, 5.41) is 8.59. The molecule has 1 unspecified atom stereocenters. The maximum absolute atomic E-state index is 12.6. The second kappa shape index (κ2) is 9.39. The van der Waals surface area contributed by atoms with Crippen LogP contribution < -0.4 is 16.0 Å². The summed E-state index contributed by atoms with van der Waals surface area (Å²) in [4.78, 5) is 38.6. The van der Waals surface area contributed by atoms with Gasteiger partial charge in [-0.1, -0.05) is 18.6 Å². The molecule has 3 rings (SSSR count). The normalized spacial score (nSPS) is 19.3. The summed E-state index contributed by atoms with van der Waals surface area (Å²) in [6.07, 6.45) is 6.20. The van der Waals surface area contributed by atoms with Crippen molar-refractivity contribution in [1.82, 2.24) is 10.2 Å². The number of piperidine rings is 1. The molecule has 1 heterocycles. The summed E-state index contributed by atoms with van der Waals surface area (Å²) in [7, 11) is 0. The topological polar surface area (TPSA) is 90.5 Å². The fourth-order valence-corrected chi connectivity index (χ4v) is 3.48. The van der Waals surface area contributed by atoms with Crippen LogP contribution in [0.25, 0.3) is 0 Å².